The van der Waals surface area contributed by atoms with Crippen LogP contribution < -0.4 is 11.1 Å². The Kier molecular flexibility index (Phi) is 15.4. The van der Waals surface area contributed by atoms with Gasteiger partial charge in [0, 0.05) is 32.4 Å². The van der Waals surface area contributed by atoms with Crippen molar-refractivity contribution in [3.05, 3.63) is 0 Å². The Morgan fingerprint density at radius 3 is 2.22 bits per heavy atom. The van der Waals surface area contributed by atoms with Crippen LogP contribution in [0.15, 0.2) is 0 Å². The van der Waals surface area contributed by atoms with Gasteiger partial charge in [0.1, 0.15) is 0 Å². The summed E-state index contributed by atoms with van der Waals surface area (Å²) in [4.78, 5) is 26.4. The Balaban J connectivity index is 3.20. The molecule has 1 unspecified atom stereocenters. The zero-order valence-corrected chi connectivity index (χ0v) is 15.0. The molecule has 140 valence electrons. The van der Waals surface area contributed by atoms with Crippen LogP contribution in [0.2, 0.25) is 6.04 Å². The number of aliphatic hydroxyl groups excluding tert-OH is 1. The van der Waals surface area contributed by atoms with E-state index in [-0.39, 0.29) is 19.3 Å². The van der Waals surface area contributed by atoms with Crippen molar-refractivity contribution in [2.24, 2.45) is 5.73 Å². The average molecular weight is 355 g/mol. The SMILES string of the molecule is NCCCCOCCCCNCC(O)COCCC[Si](O)(O)O. The second-order valence-electron chi connectivity index (χ2n) is 5.63. The Labute approximate surface area is 140 Å². The molecule has 0 amide bonds. The molecule has 0 bridgehead atoms. The normalized spacial score (nSPS) is 13.4. The van der Waals surface area contributed by atoms with Gasteiger partial charge in [-0.25, -0.2) is 0 Å². The number of aliphatic hydroxyl groups is 1. The van der Waals surface area contributed by atoms with Gasteiger partial charge in [0.25, 0.3) is 0 Å². The molecule has 0 saturated carbocycles. The van der Waals surface area contributed by atoms with Crippen molar-refractivity contribution < 1.29 is 29.0 Å². The molecule has 23 heavy (non-hydrogen) atoms. The molecule has 0 saturated heterocycles. The minimum absolute atomic E-state index is 0.0460. The average Bonchev–Trinajstić information content (AvgIpc) is 2.47. The summed E-state index contributed by atoms with van der Waals surface area (Å²) in [5.74, 6) is 0. The first-order valence-corrected chi connectivity index (χ1v) is 10.4. The van der Waals surface area contributed by atoms with Gasteiger partial charge < -0.3 is 40.0 Å². The largest absolute Gasteiger partial charge is 0.492 e. The first-order valence-electron chi connectivity index (χ1n) is 8.37. The van der Waals surface area contributed by atoms with E-state index in [4.69, 9.17) is 29.6 Å². The smallest absolute Gasteiger partial charge is 0.390 e. The summed E-state index contributed by atoms with van der Waals surface area (Å²) in [6.07, 6.45) is 3.75. The third kappa shape index (κ3) is 19.9. The first kappa shape index (κ1) is 22.9. The lowest BCUT2D eigenvalue weighted by Gasteiger charge is -2.13. The van der Waals surface area contributed by atoms with E-state index in [9.17, 15) is 5.11 Å². The van der Waals surface area contributed by atoms with Gasteiger partial charge in [-0.15, -0.1) is 0 Å². The molecule has 9 heteroatoms. The van der Waals surface area contributed by atoms with E-state index in [0.717, 1.165) is 45.4 Å². The van der Waals surface area contributed by atoms with Crippen LogP contribution >= 0.6 is 0 Å². The lowest BCUT2D eigenvalue weighted by molar-refractivity contribution is 0.0362. The summed E-state index contributed by atoms with van der Waals surface area (Å²) in [7, 11) is -3.95. The van der Waals surface area contributed by atoms with E-state index >= 15 is 0 Å². The summed E-state index contributed by atoms with van der Waals surface area (Å²) in [5.41, 5.74) is 5.39. The van der Waals surface area contributed by atoms with E-state index in [0.29, 0.717) is 19.5 Å². The Morgan fingerprint density at radius 1 is 0.913 bits per heavy atom. The summed E-state index contributed by atoms with van der Waals surface area (Å²) in [6, 6.07) is -0.0460. The molecular weight excluding hydrogens is 320 g/mol. The maximum absolute atomic E-state index is 9.67. The van der Waals surface area contributed by atoms with Crippen molar-refractivity contribution in [1.29, 1.82) is 0 Å². The molecule has 0 spiro atoms. The van der Waals surface area contributed by atoms with Crippen molar-refractivity contribution in [2.75, 3.05) is 46.1 Å². The van der Waals surface area contributed by atoms with Gasteiger partial charge in [-0.3, -0.25) is 0 Å². The van der Waals surface area contributed by atoms with Gasteiger partial charge in [-0.2, -0.15) is 0 Å². The van der Waals surface area contributed by atoms with Crippen LogP contribution in [0.3, 0.4) is 0 Å². The fourth-order valence-electron chi connectivity index (χ4n) is 1.86. The second kappa shape index (κ2) is 15.4. The third-order valence-electron chi connectivity index (χ3n) is 3.13. The van der Waals surface area contributed by atoms with Crippen LogP contribution in [0, 0.1) is 0 Å². The van der Waals surface area contributed by atoms with E-state index in [2.05, 4.69) is 5.32 Å². The predicted octanol–water partition coefficient (Wildman–Crippen LogP) is -1.20. The number of nitrogens with one attached hydrogen (secondary N) is 1. The van der Waals surface area contributed by atoms with Crippen LogP contribution in [0.25, 0.3) is 0 Å². The predicted molar refractivity (Wildman–Crippen MR) is 89.9 cm³/mol. The van der Waals surface area contributed by atoms with Crippen LogP contribution in [0.1, 0.15) is 32.1 Å². The molecule has 0 fully saturated rings. The number of nitrogens with two attached hydrogens (primary N) is 1. The molecule has 0 aromatic heterocycles. The molecule has 0 aromatic carbocycles. The van der Waals surface area contributed by atoms with Gasteiger partial charge in [0.05, 0.1) is 12.7 Å². The molecule has 0 aliphatic carbocycles. The maximum Gasteiger partial charge on any atom is 0.492 e. The van der Waals surface area contributed by atoms with Crippen molar-refractivity contribution in [3.8, 4) is 0 Å². The summed E-state index contributed by atoms with van der Waals surface area (Å²) in [5, 5.41) is 12.8. The number of unbranched alkanes of at least 4 members (excludes halogenated alkanes) is 2. The quantitative estimate of drug-likeness (QED) is 0.141. The van der Waals surface area contributed by atoms with Crippen LogP contribution in [0.4, 0.5) is 0 Å². The second-order valence-corrected chi connectivity index (χ2v) is 7.67. The lowest BCUT2D eigenvalue weighted by atomic mass is 10.3. The van der Waals surface area contributed by atoms with Gasteiger partial charge >= 0.3 is 8.80 Å². The maximum atomic E-state index is 9.67. The standard InChI is InChI=1S/C14H34N2O6Si/c15-6-1-3-8-21-9-4-2-7-16-12-14(17)13-22-10-5-11-23(18,19)20/h14,16-20H,1-13,15H2. The van der Waals surface area contributed by atoms with Crippen molar-refractivity contribution in [2.45, 2.75) is 44.3 Å². The molecule has 0 aliphatic heterocycles. The fraction of sp³-hybridized carbons (Fsp3) is 1.00. The van der Waals surface area contributed by atoms with E-state index in [1.807, 2.05) is 0 Å². The number of hydrogen-bond acceptors (Lipinski definition) is 8. The molecule has 0 rings (SSSR count). The Hall–Kier alpha value is -0.103. The number of ether oxygens (including phenoxy) is 2. The highest BCUT2D eigenvalue weighted by Crippen LogP contribution is 2.01. The number of hydrogen-bond donors (Lipinski definition) is 6. The van der Waals surface area contributed by atoms with Crippen LogP contribution in [-0.2, 0) is 9.47 Å². The molecule has 0 radical (unpaired) electrons. The Morgan fingerprint density at radius 2 is 1.57 bits per heavy atom. The third-order valence-corrected chi connectivity index (χ3v) is 4.15. The van der Waals surface area contributed by atoms with Gasteiger partial charge in [-0.1, -0.05) is 0 Å². The summed E-state index contributed by atoms with van der Waals surface area (Å²) in [6.45, 7) is 3.98. The first-order chi connectivity index (χ1) is 11.0. The van der Waals surface area contributed by atoms with Crippen LogP contribution in [-0.4, -0.2) is 80.5 Å². The highest BCUT2D eigenvalue weighted by Gasteiger charge is 2.25. The number of rotatable bonds is 17. The minimum atomic E-state index is -3.95. The Bertz CT molecular complexity index is 256. The fourth-order valence-corrected chi connectivity index (χ4v) is 2.48. The molecular formula is C14H34N2O6Si. The highest BCUT2D eigenvalue weighted by atomic mass is 28.4. The zero-order valence-electron chi connectivity index (χ0n) is 14.0. The summed E-state index contributed by atoms with van der Waals surface area (Å²) < 4.78 is 10.7. The molecule has 1 atom stereocenters. The van der Waals surface area contributed by atoms with Crippen molar-refractivity contribution in [3.63, 3.8) is 0 Å². The van der Waals surface area contributed by atoms with E-state index in [1.54, 1.807) is 0 Å². The molecule has 0 heterocycles. The monoisotopic (exact) mass is 354 g/mol. The van der Waals surface area contributed by atoms with Crippen molar-refractivity contribution in [1.82, 2.24) is 5.32 Å². The van der Waals surface area contributed by atoms with Crippen LogP contribution in [0.5, 0.6) is 0 Å². The summed E-state index contributed by atoms with van der Waals surface area (Å²) >= 11 is 0. The molecule has 8 nitrogen and oxygen atoms in total. The van der Waals surface area contributed by atoms with E-state index < -0.39 is 14.9 Å². The topological polar surface area (TPSA) is 137 Å². The van der Waals surface area contributed by atoms with Gasteiger partial charge in [0.2, 0.25) is 0 Å². The van der Waals surface area contributed by atoms with E-state index in [1.165, 1.54) is 0 Å². The molecule has 7 N–H and O–H groups in total. The minimum Gasteiger partial charge on any atom is -0.390 e. The highest BCUT2D eigenvalue weighted by molar-refractivity contribution is 6.56. The van der Waals surface area contributed by atoms with Crippen molar-refractivity contribution >= 4 is 8.80 Å². The van der Waals surface area contributed by atoms with Gasteiger partial charge in [-0.05, 0) is 45.2 Å². The molecule has 0 aromatic rings. The van der Waals surface area contributed by atoms with Gasteiger partial charge in [0.15, 0.2) is 0 Å². The molecule has 0 aliphatic rings. The lowest BCUT2D eigenvalue weighted by Crippen LogP contribution is -2.34. The zero-order chi connectivity index (χ0) is 17.4.